The zero-order valence-corrected chi connectivity index (χ0v) is 18.4. The molecule has 1 heterocycles. The molecular weight excluding hydrogens is 394 g/mol. The van der Waals surface area contributed by atoms with Gasteiger partial charge in [0.15, 0.2) is 0 Å². The fourth-order valence-corrected chi connectivity index (χ4v) is 3.91. The number of carbonyl (C=O) groups excluding carboxylic acids is 2. The van der Waals surface area contributed by atoms with Crippen molar-refractivity contribution in [2.75, 3.05) is 24.3 Å². The van der Waals surface area contributed by atoms with Crippen LogP contribution < -0.4 is 10.2 Å². The number of hydrogen-bond donors (Lipinski definition) is 1. The van der Waals surface area contributed by atoms with E-state index in [2.05, 4.69) is 5.32 Å². The van der Waals surface area contributed by atoms with E-state index in [1.165, 1.54) is 11.3 Å². The topological polar surface area (TPSA) is 52.7 Å². The molecule has 0 radical (unpaired) electrons. The molecule has 0 aliphatic rings. The third-order valence-electron chi connectivity index (χ3n) is 4.80. The van der Waals surface area contributed by atoms with Gasteiger partial charge in [0.2, 0.25) is 5.91 Å². The van der Waals surface area contributed by atoms with Gasteiger partial charge >= 0.3 is 0 Å². The molecule has 0 saturated heterocycles. The Labute approximate surface area is 181 Å². The summed E-state index contributed by atoms with van der Waals surface area (Å²) in [5.41, 5.74) is 3.82. The molecule has 1 aromatic heterocycles. The fraction of sp³-hybridized carbons (Fsp3) is 0.250. The maximum atomic E-state index is 12.7. The van der Waals surface area contributed by atoms with E-state index in [0.29, 0.717) is 24.4 Å². The van der Waals surface area contributed by atoms with Gasteiger partial charge in [0.25, 0.3) is 5.91 Å². The molecule has 0 aliphatic heterocycles. The lowest BCUT2D eigenvalue weighted by Gasteiger charge is -2.26. The molecule has 6 heteroatoms. The summed E-state index contributed by atoms with van der Waals surface area (Å²) < 4.78 is 0. The summed E-state index contributed by atoms with van der Waals surface area (Å²) in [5.74, 6) is -0.0316. The van der Waals surface area contributed by atoms with E-state index in [1.54, 1.807) is 6.07 Å². The minimum absolute atomic E-state index is 0.0941. The largest absolute Gasteiger partial charge is 0.377 e. The van der Waals surface area contributed by atoms with Crippen LogP contribution >= 0.6 is 11.3 Å². The Morgan fingerprint density at radius 3 is 2.37 bits per heavy atom. The van der Waals surface area contributed by atoms with Crippen LogP contribution in [-0.4, -0.2) is 30.8 Å². The second-order valence-corrected chi connectivity index (χ2v) is 8.21. The van der Waals surface area contributed by atoms with Gasteiger partial charge in [-0.05, 0) is 40.8 Å². The SMILES string of the molecule is CCC(=O)N(Cc1ccccc1)Cc1cc(NC(=O)c2cccs2)ccc1N(C)C. The molecule has 3 rings (SSSR count). The second-order valence-electron chi connectivity index (χ2n) is 7.26. The molecule has 0 spiro atoms. The summed E-state index contributed by atoms with van der Waals surface area (Å²) in [5, 5.41) is 4.85. The van der Waals surface area contributed by atoms with E-state index in [9.17, 15) is 9.59 Å². The van der Waals surface area contributed by atoms with Crippen LogP contribution in [0.15, 0.2) is 66.0 Å². The van der Waals surface area contributed by atoms with Gasteiger partial charge in [0, 0.05) is 45.0 Å². The fourth-order valence-electron chi connectivity index (χ4n) is 3.29. The maximum Gasteiger partial charge on any atom is 0.265 e. The van der Waals surface area contributed by atoms with E-state index in [1.807, 2.05) is 90.8 Å². The van der Waals surface area contributed by atoms with Crippen molar-refractivity contribution in [3.63, 3.8) is 0 Å². The van der Waals surface area contributed by atoms with Crippen molar-refractivity contribution in [3.05, 3.63) is 82.0 Å². The molecule has 0 unspecified atom stereocenters. The van der Waals surface area contributed by atoms with Crippen LogP contribution in [0.2, 0.25) is 0 Å². The summed E-state index contributed by atoms with van der Waals surface area (Å²) in [6, 6.07) is 19.5. The molecule has 0 aliphatic carbocycles. The Bertz CT molecular complexity index is 985. The molecule has 3 aromatic rings. The summed E-state index contributed by atoms with van der Waals surface area (Å²) >= 11 is 1.41. The highest BCUT2D eigenvalue weighted by Crippen LogP contribution is 2.26. The number of anilines is 2. The first kappa shape index (κ1) is 21.6. The molecule has 1 N–H and O–H groups in total. The monoisotopic (exact) mass is 421 g/mol. The van der Waals surface area contributed by atoms with Crippen LogP contribution in [0.25, 0.3) is 0 Å². The third-order valence-corrected chi connectivity index (χ3v) is 5.67. The van der Waals surface area contributed by atoms with Gasteiger partial charge in [-0.2, -0.15) is 0 Å². The van der Waals surface area contributed by atoms with Crippen molar-refractivity contribution in [1.29, 1.82) is 0 Å². The highest BCUT2D eigenvalue weighted by molar-refractivity contribution is 7.12. The molecule has 0 atom stereocenters. The molecule has 0 bridgehead atoms. The molecule has 5 nitrogen and oxygen atoms in total. The van der Waals surface area contributed by atoms with Crippen molar-refractivity contribution in [1.82, 2.24) is 4.90 Å². The molecule has 156 valence electrons. The Hall–Kier alpha value is -3.12. The predicted octanol–water partition coefficient (Wildman–Crippen LogP) is 5.01. The van der Waals surface area contributed by atoms with E-state index in [0.717, 1.165) is 22.5 Å². The van der Waals surface area contributed by atoms with Gasteiger partial charge in [-0.25, -0.2) is 0 Å². The van der Waals surface area contributed by atoms with Crippen molar-refractivity contribution in [2.45, 2.75) is 26.4 Å². The number of thiophene rings is 1. The number of nitrogens with one attached hydrogen (secondary N) is 1. The smallest absolute Gasteiger partial charge is 0.265 e. The minimum atomic E-state index is -0.126. The Kier molecular flexibility index (Phi) is 7.25. The second kappa shape index (κ2) is 10.1. The number of hydrogen-bond acceptors (Lipinski definition) is 4. The molecule has 2 amide bonds. The molecule has 30 heavy (non-hydrogen) atoms. The van der Waals surface area contributed by atoms with Gasteiger partial charge in [-0.3, -0.25) is 9.59 Å². The maximum absolute atomic E-state index is 12.7. The van der Waals surface area contributed by atoms with Crippen LogP contribution in [0.4, 0.5) is 11.4 Å². The molecule has 0 fully saturated rings. The lowest BCUT2D eigenvalue weighted by atomic mass is 10.1. The highest BCUT2D eigenvalue weighted by Gasteiger charge is 2.17. The molecule has 2 aromatic carbocycles. The van der Waals surface area contributed by atoms with E-state index in [4.69, 9.17) is 0 Å². The van der Waals surface area contributed by atoms with Gasteiger partial charge in [0.05, 0.1) is 4.88 Å². The van der Waals surface area contributed by atoms with E-state index < -0.39 is 0 Å². The van der Waals surface area contributed by atoms with Crippen molar-refractivity contribution in [2.24, 2.45) is 0 Å². The number of nitrogens with zero attached hydrogens (tertiary/aromatic N) is 2. The lowest BCUT2D eigenvalue weighted by Crippen LogP contribution is -2.30. The van der Waals surface area contributed by atoms with Gasteiger partial charge < -0.3 is 15.1 Å². The van der Waals surface area contributed by atoms with Gasteiger partial charge in [0.1, 0.15) is 0 Å². The van der Waals surface area contributed by atoms with Crippen LogP contribution in [0.3, 0.4) is 0 Å². The zero-order valence-electron chi connectivity index (χ0n) is 17.6. The quantitative estimate of drug-likeness (QED) is 0.557. The highest BCUT2D eigenvalue weighted by atomic mass is 32.1. The number of rotatable bonds is 8. The van der Waals surface area contributed by atoms with E-state index in [-0.39, 0.29) is 11.8 Å². The summed E-state index contributed by atoms with van der Waals surface area (Å²) in [6.45, 7) is 2.90. The van der Waals surface area contributed by atoms with Crippen molar-refractivity contribution in [3.8, 4) is 0 Å². The summed E-state index contributed by atoms with van der Waals surface area (Å²) in [7, 11) is 3.96. The third kappa shape index (κ3) is 5.48. The Morgan fingerprint density at radius 1 is 0.967 bits per heavy atom. The number of amides is 2. The average Bonchev–Trinajstić information content (AvgIpc) is 3.28. The van der Waals surface area contributed by atoms with Crippen LogP contribution in [0.1, 0.15) is 34.1 Å². The predicted molar refractivity (Wildman–Crippen MR) is 124 cm³/mol. The van der Waals surface area contributed by atoms with Crippen LogP contribution in [0, 0.1) is 0 Å². The zero-order chi connectivity index (χ0) is 21.5. The molecular formula is C24H27N3O2S. The van der Waals surface area contributed by atoms with Crippen LogP contribution in [0.5, 0.6) is 0 Å². The van der Waals surface area contributed by atoms with Crippen molar-refractivity contribution >= 4 is 34.5 Å². The number of benzene rings is 2. The summed E-state index contributed by atoms with van der Waals surface area (Å²) in [4.78, 5) is 29.7. The standard InChI is InChI=1S/C24H27N3O2S/c1-4-23(28)27(16-18-9-6-5-7-10-18)17-19-15-20(12-13-21(19)26(2)3)25-24(29)22-11-8-14-30-22/h5-15H,4,16-17H2,1-3H3,(H,25,29). The Morgan fingerprint density at radius 2 is 1.73 bits per heavy atom. The Balaban J connectivity index is 1.86. The first-order chi connectivity index (χ1) is 14.5. The van der Waals surface area contributed by atoms with Crippen LogP contribution in [-0.2, 0) is 17.9 Å². The van der Waals surface area contributed by atoms with Gasteiger partial charge in [-0.15, -0.1) is 11.3 Å². The first-order valence-electron chi connectivity index (χ1n) is 9.94. The minimum Gasteiger partial charge on any atom is -0.377 e. The van der Waals surface area contributed by atoms with Gasteiger partial charge in [-0.1, -0.05) is 43.3 Å². The average molecular weight is 422 g/mol. The lowest BCUT2D eigenvalue weighted by molar-refractivity contribution is -0.132. The molecule has 0 saturated carbocycles. The number of carbonyl (C=O) groups is 2. The first-order valence-corrected chi connectivity index (χ1v) is 10.8. The normalized spacial score (nSPS) is 10.5. The van der Waals surface area contributed by atoms with Crippen molar-refractivity contribution < 1.29 is 9.59 Å². The summed E-state index contributed by atoms with van der Waals surface area (Å²) in [6.07, 6.45) is 0.443. The van der Waals surface area contributed by atoms with E-state index >= 15 is 0 Å².